The van der Waals surface area contributed by atoms with Crippen LogP contribution < -0.4 is 0 Å². The summed E-state index contributed by atoms with van der Waals surface area (Å²) in [6, 6.07) is 7.79. The summed E-state index contributed by atoms with van der Waals surface area (Å²) in [6.45, 7) is 8.31. The smallest absolute Gasteiger partial charge is 0.336 e. The molecule has 1 N–H and O–H groups in total. The van der Waals surface area contributed by atoms with Gasteiger partial charge in [-0.3, -0.25) is 4.90 Å². The summed E-state index contributed by atoms with van der Waals surface area (Å²) in [7, 11) is 0. The Kier molecular flexibility index (Phi) is 6.57. The monoisotopic (exact) mass is 263 g/mol. The van der Waals surface area contributed by atoms with Crippen LogP contribution in [0.1, 0.15) is 56.0 Å². The van der Waals surface area contributed by atoms with Crippen molar-refractivity contribution < 1.29 is 9.90 Å². The van der Waals surface area contributed by atoms with Crippen LogP contribution in [0.15, 0.2) is 24.3 Å². The first-order chi connectivity index (χ1) is 9.10. The van der Waals surface area contributed by atoms with Crippen LogP contribution in [0.3, 0.4) is 0 Å². The van der Waals surface area contributed by atoms with E-state index < -0.39 is 5.97 Å². The first kappa shape index (κ1) is 15.7. The van der Waals surface area contributed by atoms with Crippen LogP contribution in [0, 0.1) is 0 Å². The Morgan fingerprint density at radius 3 is 2.58 bits per heavy atom. The molecule has 106 valence electrons. The molecule has 0 radical (unpaired) electrons. The molecule has 0 amide bonds. The second kappa shape index (κ2) is 7.95. The normalized spacial score (nSPS) is 12.6. The standard InChI is InChI=1S/C16H25NO2/c1-4-6-11-17(13(3)5-2)12-14-9-7-8-10-15(14)16(18)19/h7-10,13H,4-6,11-12H2,1-3H3,(H,18,19). The third-order valence-corrected chi connectivity index (χ3v) is 3.63. The van der Waals surface area contributed by atoms with Gasteiger partial charge in [0.1, 0.15) is 0 Å². The molecular weight excluding hydrogens is 238 g/mol. The molecular formula is C16H25NO2. The van der Waals surface area contributed by atoms with Crippen molar-refractivity contribution in [1.29, 1.82) is 0 Å². The molecule has 0 heterocycles. The third-order valence-electron chi connectivity index (χ3n) is 3.63. The summed E-state index contributed by atoms with van der Waals surface area (Å²) in [6.07, 6.45) is 3.39. The Morgan fingerprint density at radius 2 is 2.00 bits per heavy atom. The third kappa shape index (κ3) is 4.67. The second-order valence-corrected chi connectivity index (χ2v) is 5.04. The highest BCUT2D eigenvalue weighted by Gasteiger charge is 2.16. The number of benzene rings is 1. The Morgan fingerprint density at radius 1 is 1.32 bits per heavy atom. The number of unbranched alkanes of at least 4 members (excludes halogenated alkanes) is 1. The van der Waals surface area contributed by atoms with Crippen LogP contribution in [-0.4, -0.2) is 28.6 Å². The number of aromatic carboxylic acids is 1. The van der Waals surface area contributed by atoms with Gasteiger partial charge in [-0.1, -0.05) is 38.5 Å². The number of nitrogens with zero attached hydrogens (tertiary/aromatic N) is 1. The molecule has 0 aliphatic heterocycles. The van der Waals surface area contributed by atoms with Gasteiger partial charge in [0.2, 0.25) is 0 Å². The van der Waals surface area contributed by atoms with Crippen LogP contribution in [0.4, 0.5) is 0 Å². The van der Waals surface area contributed by atoms with Crippen LogP contribution >= 0.6 is 0 Å². The SMILES string of the molecule is CCCCN(Cc1ccccc1C(=O)O)C(C)CC. The number of hydrogen-bond donors (Lipinski definition) is 1. The number of carbonyl (C=O) groups is 1. The fourth-order valence-electron chi connectivity index (χ4n) is 2.16. The van der Waals surface area contributed by atoms with Gasteiger partial charge in [-0.2, -0.15) is 0 Å². The first-order valence-corrected chi connectivity index (χ1v) is 7.15. The van der Waals surface area contributed by atoms with Crippen molar-refractivity contribution in [3.8, 4) is 0 Å². The van der Waals surface area contributed by atoms with E-state index in [9.17, 15) is 9.90 Å². The van der Waals surface area contributed by atoms with Gasteiger partial charge in [0.05, 0.1) is 5.56 Å². The lowest BCUT2D eigenvalue weighted by atomic mass is 10.1. The lowest BCUT2D eigenvalue weighted by molar-refractivity contribution is 0.0693. The maximum atomic E-state index is 11.2. The minimum absolute atomic E-state index is 0.423. The maximum absolute atomic E-state index is 11.2. The highest BCUT2D eigenvalue weighted by Crippen LogP contribution is 2.15. The van der Waals surface area contributed by atoms with Gasteiger partial charge < -0.3 is 5.11 Å². The fraction of sp³-hybridized carbons (Fsp3) is 0.562. The van der Waals surface area contributed by atoms with Gasteiger partial charge in [0, 0.05) is 12.6 Å². The summed E-state index contributed by atoms with van der Waals surface area (Å²) in [4.78, 5) is 13.6. The number of rotatable bonds is 8. The van der Waals surface area contributed by atoms with Crippen molar-refractivity contribution in [3.63, 3.8) is 0 Å². The molecule has 1 atom stereocenters. The van der Waals surface area contributed by atoms with Crippen LogP contribution in [0.25, 0.3) is 0 Å². The van der Waals surface area contributed by atoms with E-state index >= 15 is 0 Å². The quantitative estimate of drug-likeness (QED) is 0.776. The number of carboxylic acids is 1. The topological polar surface area (TPSA) is 40.5 Å². The van der Waals surface area contributed by atoms with E-state index in [1.807, 2.05) is 12.1 Å². The summed E-state index contributed by atoms with van der Waals surface area (Å²) in [5, 5.41) is 9.23. The molecule has 3 nitrogen and oxygen atoms in total. The zero-order valence-corrected chi connectivity index (χ0v) is 12.2. The molecule has 3 heteroatoms. The first-order valence-electron chi connectivity index (χ1n) is 7.15. The molecule has 0 saturated carbocycles. The molecule has 1 aromatic rings. The van der Waals surface area contributed by atoms with Crippen molar-refractivity contribution in [1.82, 2.24) is 4.90 Å². The summed E-state index contributed by atoms with van der Waals surface area (Å²) < 4.78 is 0. The largest absolute Gasteiger partial charge is 0.478 e. The van der Waals surface area contributed by atoms with Gasteiger partial charge in [-0.05, 0) is 37.9 Å². The second-order valence-electron chi connectivity index (χ2n) is 5.04. The molecule has 1 rings (SSSR count). The van der Waals surface area contributed by atoms with E-state index in [2.05, 4.69) is 25.7 Å². The molecule has 0 aromatic heterocycles. The highest BCUT2D eigenvalue weighted by atomic mass is 16.4. The van der Waals surface area contributed by atoms with Crippen LogP contribution in [-0.2, 0) is 6.54 Å². The predicted octanol–water partition coefficient (Wildman–Crippen LogP) is 3.79. The molecule has 0 aliphatic carbocycles. The number of hydrogen-bond acceptors (Lipinski definition) is 2. The summed E-state index contributed by atoms with van der Waals surface area (Å²) >= 11 is 0. The molecule has 1 aromatic carbocycles. The van der Waals surface area contributed by atoms with Gasteiger partial charge in [0.15, 0.2) is 0 Å². The minimum Gasteiger partial charge on any atom is -0.478 e. The Hall–Kier alpha value is -1.35. The summed E-state index contributed by atoms with van der Waals surface area (Å²) in [5.41, 5.74) is 1.33. The molecule has 0 fully saturated rings. The summed E-state index contributed by atoms with van der Waals surface area (Å²) in [5.74, 6) is -0.838. The van der Waals surface area contributed by atoms with Crippen molar-refractivity contribution in [2.45, 2.75) is 52.6 Å². The Balaban J connectivity index is 2.86. The van der Waals surface area contributed by atoms with Crippen molar-refractivity contribution in [3.05, 3.63) is 35.4 Å². The average Bonchev–Trinajstić information content (AvgIpc) is 2.42. The fourth-order valence-corrected chi connectivity index (χ4v) is 2.16. The molecule has 1 unspecified atom stereocenters. The van der Waals surface area contributed by atoms with Gasteiger partial charge in [0.25, 0.3) is 0 Å². The number of carboxylic acid groups (broad SMARTS) is 1. The Labute approximate surface area is 116 Å². The van der Waals surface area contributed by atoms with Crippen molar-refractivity contribution in [2.75, 3.05) is 6.54 Å². The molecule has 0 saturated heterocycles. The highest BCUT2D eigenvalue weighted by molar-refractivity contribution is 5.89. The molecule has 19 heavy (non-hydrogen) atoms. The van der Waals surface area contributed by atoms with Gasteiger partial charge in [-0.15, -0.1) is 0 Å². The molecule has 0 bridgehead atoms. The predicted molar refractivity (Wildman–Crippen MR) is 78.5 cm³/mol. The molecule has 0 spiro atoms. The van der Waals surface area contributed by atoms with Gasteiger partial charge in [-0.25, -0.2) is 4.79 Å². The van der Waals surface area contributed by atoms with Crippen molar-refractivity contribution in [2.24, 2.45) is 0 Å². The average molecular weight is 263 g/mol. The van der Waals surface area contributed by atoms with Crippen LogP contribution in [0.2, 0.25) is 0 Å². The van der Waals surface area contributed by atoms with E-state index in [1.165, 1.54) is 0 Å². The van der Waals surface area contributed by atoms with E-state index in [0.29, 0.717) is 11.6 Å². The molecule has 0 aliphatic rings. The van der Waals surface area contributed by atoms with Gasteiger partial charge >= 0.3 is 5.97 Å². The zero-order chi connectivity index (χ0) is 14.3. The van der Waals surface area contributed by atoms with E-state index in [-0.39, 0.29) is 0 Å². The van der Waals surface area contributed by atoms with E-state index in [4.69, 9.17) is 0 Å². The lowest BCUT2D eigenvalue weighted by Crippen LogP contribution is -2.33. The van der Waals surface area contributed by atoms with Crippen LogP contribution in [0.5, 0.6) is 0 Å². The minimum atomic E-state index is -0.838. The van der Waals surface area contributed by atoms with Crippen molar-refractivity contribution >= 4 is 5.97 Å². The van der Waals surface area contributed by atoms with E-state index in [0.717, 1.165) is 37.9 Å². The lowest BCUT2D eigenvalue weighted by Gasteiger charge is -2.28. The van der Waals surface area contributed by atoms with E-state index in [1.54, 1.807) is 12.1 Å². The Bertz CT molecular complexity index is 403. The maximum Gasteiger partial charge on any atom is 0.336 e. The zero-order valence-electron chi connectivity index (χ0n) is 12.2.